The second kappa shape index (κ2) is 8.70. The van der Waals surface area contributed by atoms with Crippen LogP contribution in [-0.4, -0.2) is 29.3 Å². The maximum Gasteiger partial charge on any atom is 0.325 e. The van der Waals surface area contributed by atoms with Gasteiger partial charge in [0.15, 0.2) is 0 Å². The molecular weight excluding hydrogens is 442 g/mol. The predicted molar refractivity (Wildman–Crippen MR) is 114 cm³/mol. The summed E-state index contributed by atoms with van der Waals surface area (Å²) in [6.45, 7) is -0.246. The predicted octanol–water partition coefficient (Wildman–Crippen LogP) is 3.77. The molecule has 2 N–H and O–H groups in total. The van der Waals surface area contributed by atoms with Gasteiger partial charge in [-0.1, -0.05) is 11.6 Å². The first-order valence-corrected chi connectivity index (χ1v) is 11.5. The molecule has 0 bridgehead atoms. The molecule has 3 aromatic rings. The first kappa shape index (κ1) is 21.4. The Morgan fingerprint density at radius 2 is 1.81 bits per heavy atom. The molecule has 10 heteroatoms. The molecule has 4 rings (SSSR count). The molecule has 1 atom stereocenters. The van der Waals surface area contributed by atoms with Crippen LogP contribution >= 0.6 is 11.6 Å². The van der Waals surface area contributed by atoms with Crippen LogP contribution in [0.4, 0.5) is 0 Å². The van der Waals surface area contributed by atoms with Crippen molar-refractivity contribution in [1.29, 1.82) is 0 Å². The molecule has 0 fully saturated rings. The van der Waals surface area contributed by atoms with Crippen LogP contribution in [0.2, 0.25) is 5.02 Å². The number of halogens is 1. The summed E-state index contributed by atoms with van der Waals surface area (Å²) in [6.07, 6.45) is 3.56. The third-order valence-corrected chi connectivity index (χ3v) is 6.77. The summed E-state index contributed by atoms with van der Waals surface area (Å²) in [4.78, 5) is 11.1. The highest BCUT2D eigenvalue weighted by Gasteiger charge is 2.29. The van der Waals surface area contributed by atoms with Crippen LogP contribution in [0.5, 0.6) is 11.5 Å². The van der Waals surface area contributed by atoms with Crippen LogP contribution in [0.1, 0.15) is 30.1 Å². The zero-order chi connectivity index (χ0) is 22.0. The first-order valence-electron chi connectivity index (χ1n) is 9.64. The fourth-order valence-electron chi connectivity index (χ4n) is 3.59. The van der Waals surface area contributed by atoms with E-state index < -0.39 is 22.0 Å². The van der Waals surface area contributed by atoms with Gasteiger partial charge in [-0.15, -0.1) is 0 Å². The summed E-state index contributed by atoms with van der Waals surface area (Å²) in [5, 5.41) is 13.7. The number of sulfonamides is 1. The molecule has 1 aliphatic carbocycles. The quantitative estimate of drug-likeness (QED) is 0.554. The lowest BCUT2D eigenvalue weighted by Gasteiger charge is -2.24. The van der Waals surface area contributed by atoms with Crippen molar-refractivity contribution in [2.45, 2.75) is 36.7 Å². The van der Waals surface area contributed by atoms with Crippen molar-refractivity contribution in [3.8, 4) is 11.5 Å². The molecule has 0 saturated heterocycles. The maximum absolute atomic E-state index is 12.9. The third kappa shape index (κ3) is 4.90. The van der Waals surface area contributed by atoms with Gasteiger partial charge in [-0.3, -0.25) is 9.48 Å². The van der Waals surface area contributed by atoms with Crippen molar-refractivity contribution in [2.24, 2.45) is 0 Å². The van der Waals surface area contributed by atoms with E-state index in [0.29, 0.717) is 29.4 Å². The van der Waals surface area contributed by atoms with E-state index in [9.17, 15) is 13.2 Å². The molecule has 0 saturated carbocycles. The molecule has 162 valence electrons. The summed E-state index contributed by atoms with van der Waals surface area (Å²) in [5.41, 5.74) is 1.48. The van der Waals surface area contributed by atoms with Gasteiger partial charge in [-0.2, -0.15) is 5.10 Å². The molecule has 1 aliphatic rings. The summed E-state index contributed by atoms with van der Waals surface area (Å²) in [5.74, 6) is 0.0944. The van der Waals surface area contributed by atoms with Gasteiger partial charge in [0.2, 0.25) is 10.0 Å². The Labute approximate surface area is 184 Å². The van der Waals surface area contributed by atoms with Crippen molar-refractivity contribution >= 4 is 27.6 Å². The normalized spacial score (nSPS) is 16.0. The van der Waals surface area contributed by atoms with Gasteiger partial charge in [0, 0.05) is 16.3 Å². The van der Waals surface area contributed by atoms with Crippen LogP contribution in [-0.2, 0) is 27.8 Å². The zero-order valence-electron chi connectivity index (χ0n) is 16.4. The Bertz CT molecular complexity index is 1190. The average Bonchev–Trinajstić information content (AvgIpc) is 3.13. The van der Waals surface area contributed by atoms with Gasteiger partial charge in [0.05, 0.1) is 17.1 Å². The largest absolute Gasteiger partial charge is 0.480 e. The van der Waals surface area contributed by atoms with Crippen LogP contribution in [0.3, 0.4) is 0 Å². The summed E-state index contributed by atoms with van der Waals surface area (Å²) < 4.78 is 35.7. The number of hydrogen-bond donors (Lipinski definition) is 2. The molecule has 2 aromatic carbocycles. The minimum Gasteiger partial charge on any atom is -0.480 e. The highest BCUT2D eigenvalue weighted by molar-refractivity contribution is 7.89. The molecule has 0 radical (unpaired) electrons. The van der Waals surface area contributed by atoms with Gasteiger partial charge in [-0.05, 0) is 67.8 Å². The topological polar surface area (TPSA) is 111 Å². The molecular formula is C21H20ClN3O5S. The first-order chi connectivity index (χ1) is 14.8. The van der Waals surface area contributed by atoms with Crippen LogP contribution in [0.15, 0.2) is 59.6 Å². The minimum absolute atomic E-state index is 0.112. The van der Waals surface area contributed by atoms with E-state index in [1.807, 2.05) is 0 Å². The molecule has 0 amide bonds. The van der Waals surface area contributed by atoms with Gasteiger partial charge >= 0.3 is 5.97 Å². The van der Waals surface area contributed by atoms with Crippen molar-refractivity contribution in [3.63, 3.8) is 0 Å². The Kier molecular flexibility index (Phi) is 5.99. The number of ether oxygens (including phenoxy) is 1. The van der Waals surface area contributed by atoms with Gasteiger partial charge in [0.1, 0.15) is 18.0 Å². The van der Waals surface area contributed by atoms with Crippen LogP contribution < -0.4 is 9.46 Å². The SMILES string of the molecule is O=C(O)Cn1ncc2c1CCCC2NS(=O)(=O)c1ccc(Oc2ccc(Cl)cc2)cc1. The minimum atomic E-state index is -3.79. The molecule has 0 aliphatic heterocycles. The van der Waals surface area contributed by atoms with E-state index in [1.54, 1.807) is 42.6 Å². The molecule has 1 unspecified atom stereocenters. The lowest BCUT2D eigenvalue weighted by molar-refractivity contribution is -0.137. The number of aromatic nitrogens is 2. The van der Waals surface area contributed by atoms with Crippen molar-refractivity contribution < 1.29 is 23.1 Å². The second-order valence-electron chi connectivity index (χ2n) is 7.19. The van der Waals surface area contributed by atoms with E-state index in [1.165, 1.54) is 16.8 Å². The standard InChI is InChI=1S/C21H20ClN3O5S/c22-14-4-6-15(7-5-14)30-16-8-10-17(11-9-16)31(28,29)24-19-2-1-3-20-18(19)12-23-25(20)13-21(26)27/h4-12,19,24H,1-3,13H2,(H,26,27). The summed E-state index contributed by atoms with van der Waals surface area (Å²) >= 11 is 5.86. The van der Waals surface area contributed by atoms with Gasteiger partial charge in [-0.25, -0.2) is 13.1 Å². The van der Waals surface area contributed by atoms with Crippen molar-refractivity contribution in [2.75, 3.05) is 0 Å². The van der Waals surface area contributed by atoms with E-state index in [4.69, 9.17) is 21.4 Å². The number of nitrogens with one attached hydrogen (secondary N) is 1. The number of nitrogens with zero attached hydrogens (tertiary/aromatic N) is 2. The second-order valence-corrected chi connectivity index (χ2v) is 9.34. The lowest BCUT2D eigenvalue weighted by Crippen LogP contribution is -2.31. The smallest absolute Gasteiger partial charge is 0.325 e. The summed E-state index contributed by atoms with van der Waals surface area (Å²) in [7, 11) is -3.79. The number of carbonyl (C=O) groups is 1. The Morgan fingerprint density at radius 3 is 2.45 bits per heavy atom. The molecule has 1 aromatic heterocycles. The third-order valence-electron chi connectivity index (χ3n) is 5.03. The maximum atomic E-state index is 12.9. The fraction of sp³-hybridized carbons (Fsp3) is 0.238. The number of hydrogen-bond acceptors (Lipinski definition) is 5. The van der Waals surface area contributed by atoms with Crippen molar-refractivity contribution in [3.05, 3.63) is 71.0 Å². The van der Waals surface area contributed by atoms with E-state index in [-0.39, 0.29) is 11.4 Å². The number of rotatable bonds is 7. The number of aliphatic carboxylic acids is 1. The van der Waals surface area contributed by atoms with Crippen LogP contribution in [0.25, 0.3) is 0 Å². The molecule has 0 spiro atoms. The number of benzene rings is 2. The van der Waals surface area contributed by atoms with Crippen molar-refractivity contribution in [1.82, 2.24) is 14.5 Å². The molecule has 8 nitrogen and oxygen atoms in total. The van der Waals surface area contributed by atoms with E-state index in [2.05, 4.69) is 9.82 Å². The Balaban J connectivity index is 1.49. The Morgan fingerprint density at radius 1 is 1.16 bits per heavy atom. The number of carboxylic acids is 1. The lowest BCUT2D eigenvalue weighted by atomic mass is 9.94. The van der Waals surface area contributed by atoms with Gasteiger partial charge < -0.3 is 9.84 Å². The highest BCUT2D eigenvalue weighted by Crippen LogP contribution is 2.31. The summed E-state index contributed by atoms with van der Waals surface area (Å²) in [6, 6.07) is 12.5. The Hall–Kier alpha value is -2.88. The number of fused-ring (bicyclic) bond motifs is 1. The van der Waals surface area contributed by atoms with E-state index in [0.717, 1.165) is 17.7 Å². The molecule has 1 heterocycles. The van der Waals surface area contributed by atoms with E-state index >= 15 is 0 Å². The molecule has 31 heavy (non-hydrogen) atoms. The van der Waals surface area contributed by atoms with Gasteiger partial charge in [0.25, 0.3) is 0 Å². The van der Waals surface area contributed by atoms with Crippen LogP contribution in [0, 0.1) is 0 Å². The zero-order valence-corrected chi connectivity index (χ0v) is 17.9. The average molecular weight is 462 g/mol. The number of carboxylic acid groups (broad SMARTS) is 1. The fourth-order valence-corrected chi connectivity index (χ4v) is 4.96. The monoisotopic (exact) mass is 461 g/mol. The highest BCUT2D eigenvalue weighted by atomic mass is 35.5.